The van der Waals surface area contributed by atoms with Gasteiger partial charge in [-0.2, -0.15) is 13.8 Å². The summed E-state index contributed by atoms with van der Waals surface area (Å²) in [5.74, 6) is -0.220. The Hall–Kier alpha value is -2.99. The van der Waals surface area contributed by atoms with Crippen LogP contribution in [0.4, 0.5) is 19.6 Å². The van der Waals surface area contributed by atoms with E-state index in [2.05, 4.69) is 9.97 Å². The van der Waals surface area contributed by atoms with Crippen molar-refractivity contribution in [1.29, 1.82) is 0 Å². The molecule has 32 heavy (non-hydrogen) atoms. The molecule has 3 aliphatic rings. The van der Waals surface area contributed by atoms with Crippen LogP contribution in [0.15, 0.2) is 28.1 Å². The number of aliphatic hydroxyl groups excluding tert-OH is 1. The topological polar surface area (TPSA) is 112 Å². The number of fused-ring (bicyclic) bond motifs is 3. The van der Waals surface area contributed by atoms with E-state index in [1.165, 1.54) is 29.2 Å². The first-order valence-electron chi connectivity index (χ1n) is 10.1. The minimum Gasteiger partial charge on any atom is -0.465 e. The van der Waals surface area contributed by atoms with Crippen LogP contribution in [0.1, 0.15) is 19.8 Å². The molecule has 0 saturated carbocycles. The van der Waals surface area contributed by atoms with Crippen molar-refractivity contribution in [1.82, 2.24) is 14.9 Å². The molecule has 0 aliphatic carbocycles. The molecule has 0 radical (unpaired) electrons. The lowest BCUT2D eigenvalue weighted by atomic mass is 9.88. The molecule has 12 heteroatoms. The fourth-order valence-corrected chi connectivity index (χ4v) is 4.91. The molecule has 5 heterocycles. The van der Waals surface area contributed by atoms with Gasteiger partial charge in [-0.25, -0.2) is 9.78 Å². The molecule has 1 aromatic carbocycles. The number of anilines is 1. The Morgan fingerprint density at radius 3 is 2.78 bits per heavy atom. The molecule has 3 aromatic rings. The highest BCUT2D eigenvalue weighted by atomic mass is 32.1. The summed E-state index contributed by atoms with van der Waals surface area (Å²) in [4.78, 5) is 23.3. The second-order valence-electron chi connectivity index (χ2n) is 7.85. The number of piperazine rings is 1. The van der Waals surface area contributed by atoms with Crippen molar-refractivity contribution in [3.05, 3.63) is 23.7 Å². The minimum absolute atomic E-state index is 0.0880. The molecular formula is C20H20F2N4O5S. The molecule has 2 aromatic heterocycles. The molecule has 3 unspecified atom stereocenters. The number of aliphatic hydroxyl groups is 1. The summed E-state index contributed by atoms with van der Waals surface area (Å²) in [5, 5.41) is 21.4. The quantitative estimate of drug-likeness (QED) is 0.566. The van der Waals surface area contributed by atoms with E-state index in [1.54, 1.807) is 17.6 Å². The zero-order chi connectivity index (χ0) is 22.6. The number of rotatable bonds is 6. The Labute approximate surface area is 184 Å². The van der Waals surface area contributed by atoms with E-state index in [-0.39, 0.29) is 41.4 Å². The minimum atomic E-state index is -3.81. The lowest BCUT2D eigenvalue weighted by Crippen LogP contribution is -2.70. The van der Waals surface area contributed by atoms with Crippen molar-refractivity contribution >= 4 is 34.5 Å². The van der Waals surface area contributed by atoms with E-state index >= 15 is 0 Å². The van der Waals surface area contributed by atoms with Gasteiger partial charge in [-0.15, -0.1) is 11.3 Å². The number of ether oxygens (including phenoxy) is 1. The highest BCUT2D eigenvalue weighted by Gasteiger charge is 2.48. The molecular weight excluding hydrogens is 446 g/mol. The number of alkyl halides is 2. The summed E-state index contributed by atoms with van der Waals surface area (Å²) in [6, 6.07) is 2.80. The molecule has 3 atom stereocenters. The predicted octanol–water partition coefficient (Wildman–Crippen LogP) is 3.63. The number of benzene rings is 1. The number of oxazole rings is 1. The van der Waals surface area contributed by atoms with Gasteiger partial charge in [-0.3, -0.25) is 4.90 Å². The van der Waals surface area contributed by atoms with Gasteiger partial charge in [0.2, 0.25) is 0 Å². The Bertz CT molecular complexity index is 1140. The van der Waals surface area contributed by atoms with E-state index < -0.39 is 18.3 Å². The first-order chi connectivity index (χ1) is 15.3. The molecule has 1 amide bonds. The number of hydrogen-bond acceptors (Lipinski definition) is 8. The maximum absolute atomic E-state index is 14.3. The third-order valence-electron chi connectivity index (χ3n) is 5.86. The largest absolute Gasteiger partial charge is 0.465 e. The van der Waals surface area contributed by atoms with Crippen molar-refractivity contribution in [2.24, 2.45) is 0 Å². The number of carbonyl (C=O) groups is 1. The van der Waals surface area contributed by atoms with Crippen LogP contribution in [0.5, 0.6) is 5.75 Å². The van der Waals surface area contributed by atoms with Crippen molar-refractivity contribution in [3.8, 4) is 16.3 Å². The number of piperidine rings is 1. The average Bonchev–Trinajstić information content (AvgIpc) is 3.43. The van der Waals surface area contributed by atoms with Crippen LogP contribution in [-0.2, 0) is 0 Å². The van der Waals surface area contributed by atoms with Gasteiger partial charge in [0.1, 0.15) is 5.01 Å². The molecule has 3 aliphatic heterocycles. The van der Waals surface area contributed by atoms with Gasteiger partial charge in [0, 0.05) is 24.7 Å². The fraction of sp³-hybridized carbons (Fsp3) is 0.450. The van der Waals surface area contributed by atoms with E-state index in [1.807, 2.05) is 4.90 Å². The van der Waals surface area contributed by atoms with Crippen LogP contribution in [0, 0.1) is 0 Å². The lowest BCUT2D eigenvalue weighted by Gasteiger charge is -2.54. The number of halogens is 2. The van der Waals surface area contributed by atoms with Gasteiger partial charge >= 0.3 is 12.2 Å². The Morgan fingerprint density at radius 2 is 2.16 bits per heavy atom. The molecule has 0 spiro atoms. The number of nitrogens with zero attached hydrogens (tertiary/aromatic N) is 4. The Kier molecular flexibility index (Phi) is 4.93. The van der Waals surface area contributed by atoms with Crippen LogP contribution < -0.4 is 9.64 Å². The van der Waals surface area contributed by atoms with Crippen LogP contribution in [0.25, 0.3) is 21.7 Å². The molecule has 6 rings (SSSR count). The summed E-state index contributed by atoms with van der Waals surface area (Å²) in [5.41, 5.74) is 0.906. The molecule has 9 nitrogen and oxygen atoms in total. The van der Waals surface area contributed by atoms with E-state index in [4.69, 9.17) is 9.15 Å². The summed E-state index contributed by atoms with van der Waals surface area (Å²) in [7, 11) is 0. The lowest BCUT2D eigenvalue weighted by molar-refractivity contribution is -0.239. The van der Waals surface area contributed by atoms with Crippen LogP contribution in [0.3, 0.4) is 0 Å². The second-order valence-corrected chi connectivity index (χ2v) is 8.74. The highest BCUT2D eigenvalue weighted by molar-refractivity contribution is 7.13. The van der Waals surface area contributed by atoms with E-state index in [0.29, 0.717) is 23.7 Å². The highest BCUT2D eigenvalue weighted by Crippen LogP contribution is 2.41. The molecule has 2 N–H and O–H groups in total. The Balaban J connectivity index is 1.53. The maximum atomic E-state index is 14.3. The van der Waals surface area contributed by atoms with E-state index in [9.17, 15) is 23.8 Å². The van der Waals surface area contributed by atoms with Gasteiger partial charge < -0.3 is 24.3 Å². The summed E-state index contributed by atoms with van der Waals surface area (Å²) in [6.45, 7) is 2.21. The van der Waals surface area contributed by atoms with Gasteiger partial charge in [0.05, 0.1) is 17.6 Å². The normalized spacial score (nSPS) is 21.5. The van der Waals surface area contributed by atoms with Crippen LogP contribution in [-0.4, -0.2) is 68.6 Å². The number of aromatic nitrogens is 2. The van der Waals surface area contributed by atoms with Gasteiger partial charge in [0.25, 0.3) is 6.01 Å². The number of thiazole rings is 1. The Morgan fingerprint density at radius 1 is 1.41 bits per heavy atom. The fourth-order valence-electron chi connectivity index (χ4n) is 4.25. The zero-order valence-corrected chi connectivity index (χ0v) is 17.8. The molecule has 3 fully saturated rings. The standard InChI is InChI=1S/C20H20F2N4O5S/c1-2-14(27)20(21,22)31-13-4-3-12(17-23-5-6-32-17)16-15(13)24-18(30-16)25-8-10-7-11(9-25)26(10)19(28)29/h3-6,10-11,14,27H,2,7-9H2,1H3,(H,28,29). The molecule has 2 bridgehead atoms. The second kappa shape index (κ2) is 7.55. The summed E-state index contributed by atoms with van der Waals surface area (Å²) in [6.07, 6.45) is -4.53. The number of hydrogen-bond donors (Lipinski definition) is 2. The SMILES string of the molecule is CCC(O)C(F)(F)Oc1ccc(-c2nccs2)c2oc(N3CC4CC(C3)N4C(=O)O)nc12. The number of carboxylic acid groups (broad SMARTS) is 1. The average molecular weight is 466 g/mol. The first kappa shape index (κ1) is 20.9. The predicted molar refractivity (Wildman–Crippen MR) is 111 cm³/mol. The molecule has 3 saturated heterocycles. The van der Waals surface area contributed by atoms with Crippen molar-refractivity contribution in [2.45, 2.75) is 44.1 Å². The van der Waals surface area contributed by atoms with Gasteiger partial charge in [0.15, 0.2) is 23.0 Å². The first-order valence-corrected chi connectivity index (χ1v) is 11.0. The third-order valence-corrected chi connectivity index (χ3v) is 6.67. The van der Waals surface area contributed by atoms with E-state index in [0.717, 1.165) is 6.42 Å². The van der Waals surface area contributed by atoms with Crippen molar-refractivity contribution in [3.63, 3.8) is 0 Å². The van der Waals surface area contributed by atoms with Crippen molar-refractivity contribution in [2.75, 3.05) is 18.0 Å². The van der Waals surface area contributed by atoms with Gasteiger partial charge in [-0.05, 0) is 25.0 Å². The third kappa shape index (κ3) is 3.34. The zero-order valence-electron chi connectivity index (χ0n) is 16.9. The molecule has 170 valence electrons. The van der Waals surface area contributed by atoms with Crippen molar-refractivity contribution < 1.29 is 32.9 Å². The van der Waals surface area contributed by atoms with Crippen LogP contribution >= 0.6 is 11.3 Å². The summed E-state index contributed by atoms with van der Waals surface area (Å²) >= 11 is 1.36. The monoisotopic (exact) mass is 466 g/mol. The van der Waals surface area contributed by atoms with Crippen LogP contribution in [0.2, 0.25) is 0 Å². The summed E-state index contributed by atoms with van der Waals surface area (Å²) < 4.78 is 39.5. The smallest absolute Gasteiger partial charge is 0.424 e. The number of amides is 1. The van der Waals surface area contributed by atoms with Gasteiger partial charge in [-0.1, -0.05) is 6.92 Å². The maximum Gasteiger partial charge on any atom is 0.424 e.